The van der Waals surface area contributed by atoms with Gasteiger partial charge in [-0.15, -0.1) is 0 Å². The standard InChI is InChI=1S/C20H29N3O2/c1-15-6-5-7-18(14-15)21-19(24)16(2)22-12-8-17(9-13-22)20(25)23-10-3-4-11-23/h5-7,14,16-17H,3-4,8-13H2,1-2H3,(H,21,24)/t16-/m0/s1. The number of carbonyl (C=O) groups excluding carboxylic acids is 2. The first kappa shape index (κ1) is 17.9. The number of aryl methyl sites for hydroxylation is 1. The van der Waals surface area contributed by atoms with Crippen molar-refractivity contribution >= 4 is 17.5 Å². The number of carbonyl (C=O) groups is 2. The molecule has 2 amide bonds. The second-order valence-corrected chi connectivity index (χ2v) is 7.38. The molecule has 0 unspecified atom stereocenters. The molecule has 5 nitrogen and oxygen atoms in total. The highest BCUT2D eigenvalue weighted by molar-refractivity contribution is 5.94. The summed E-state index contributed by atoms with van der Waals surface area (Å²) in [5, 5.41) is 3.00. The first-order chi connectivity index (χ1) is 12.0. The number of nitrogens with one attached hydrogen (secondary N) is 1. The highest BCUT2D eigenvalue weighted by Gasteiger charge is 2.32. The van der Waals surface area contributed by atoms with Gasteiger partial charge in [0.15, 0.2) is 0 Å². The van der Waals surface area contributed by atoms with Crippen molar-refractivity contribution in [3.63, 3.8) is 0 Å². The van der Waals surface area contributed by atoms with Crippen LogP contribution in [0.4, 0.5) is 5.69 Å². The minimum absolute atomic E-state index is 0.0231. The fraction of sp³-hybridized carbons (Fsp3) is 0.600. The van der Waals surface area contributed by atoms with E-state index in [9.17, 15) is 9.59 Å². The zero-order valence-corrected chi connectivity index (χ0v) is 15.3. The minimum atomic E-state index is -0.177. The fourth-order valence-corrected chi connectivity index (χ4v) is 3.86. The number of benzene rings is 1. The van der Waals surface area contributed by atoms with E-state index >= 15 is 0 Å². The normalized spacial score (nSPS) is 20.5. The Morgan fingerprint density at radius 2 is 1.80 bits per heavy atom. The number of hydrogen-bond acceptors (Lipinski definition) is 3. The number of hydrogen-bond donors (Lipinski definition) is 1. The molecular formula is C20H29N3O2. The lowest BCUT2D eigenvalue weighted by Crippen LogP contribution is -2.48. The molecule has 1 aromatic rings. The van der Waals surface area contributed by atoms with Gasteiger partial charge in [0.2, 0.25) is 11.8 Å². The molecule has 0 aromatic heterocycles. The third-order valence-corrected chi connectivity index (χ3v) is 5.51. The van der Waals surface area contributed by atoms with Crippen LogP contribution >= 0.6 is 0 Å². The van der Waals surface area contributed by atoms with Crippen LogP contribution in [0.3, 0.4) is 0 Å². The Kier molecular flexibility index (Phi) is 5.74. The smallest absolute Gasteiger partial charge is 0.241 e. The molecule has 2 saturated heterocycles. The molecule has 25 heavy (non-hydrogen) atoms. The van der Waals surface area contributed by atoms with Gasteiger partial charge in [-0.1, -0.05) is 12.1 Å². The van der Waals surface area contributed by atoms with Gasteiger partial charge in [0.05, 0.1) is 6.04 Å². The Hall–Kier alpha value is -1.88. The predicted molar refractivity (Wildman–Crippen MR) is 99.4 cm³/mol. The summed E-state index contributed by atoms with van der Waals surface area (Å²) >= 11 is 0. The predicted octanol–water partition coefficient (Wildman–Crippen LogP) is 2.66. The Bertz CT molecular complexity index is 617. The van der Waals surface area contributed by atoms with Gasteiger partial charge in [0, 0.05) is 24.7 Å². The summed E-state index contributed by atoms with van der Waals surface area (Å²) < 4.78 is 0. The van der Waals surface area contributed by atoms with Crippen molar-refractivity contribution in [1.82, 2.24) is 9.80 Å². The average molecular weight is 343 g/mol. The lowest BCUT2D eigenvalue weighted by molar-refractivity contribution is -0.136. The zero-order valence-electron chi connectivity index (χ0n) is 15.3. The summed E-state index contributed by atoms with van der Waals surface area (Å²) in [4.78, 5) is 29.2. The molecule has 1 aromatic carbocycles. The van der Waals surface area contributed by atoms with E-state index in [4.69, 9.17) is 0 Å². The van der Waals surface area contributed by atoms with E-state index in [1.165, 1.54) is 0 Å². The van der Waals surface area contributed by atoms with Crippen LogP contribution in [0.2, 0.25) is 0 Å². The molecular weight excluding hydrogens is 314 g/mol. The third kappa shape index (κ3) is 4.40. The molecule has 1 atom stereocenters. The van der Waals surface area contributed by atoms with Crippen LogP contribution in [0.1, 0.15) is 38.2 Å². The Labute approximate surface area is 150 Å². The molecule has 2 aliphatic heterocycles. The SMILES string of the molecule is Cc1cccc(NC(=O)[C@H](C)N2CCC(C(=O)N3CCCC3)CC2)c1. The van der Waals surface area contributed by atoms with E-state index in [0.717, 1.165) is 63.1 Å². The average Bonchev–Trinajstić information content (AvgIpc) is 3.15. The van der Waals surface area contributed by atoms with Gasteiger partial charge in [-0.3, -0.25) is 14.5 Å². The second-order valence-electron chi connectivity index (χ2n) is 7.38. The van der Waals surface area contributed by atoms with Crippen molar-refractivity contribution in [2.45, 2.75) is 45.6 Å². The van der Waals surface area contributed by atoms with E-state index in [-0.39, 0.29) is 17.9 Å². The van der Waals surface area contributed by atoms with Gasteiger partial charge in [0.1, 0.15) is 0 Å². The van der Waals surface area contributed by atoms with Crippen LogP contribution < -0.4 is 5.32 Å². The van der Waals surface area contributed by atoms with Gasteiger partial charge in [-0.25, -0.2) is 0 Å². The Morgan fingerprint density at radius 3 is 2.44 bits per heavy atom. The molecule has 2 heterocycles. The number of anilines is 1. The monoisotopic (exact) mass is 343 g/mol. The van der Waals surface area contributed by atoms with Crippen LogP contribution in [0.15, 0.2) is 24.3 Å². The first-order valence-corrected chi connectivity index (χ1v) is 9.45. The van der Waals surface area contributed by atoms with Crippen LogP contribution in [-0.4, -0.2) is 53.8 Å². The lowest BCUT2D eigenvalue weighted by Gasteiger charge is -2.36. The minimum Gasteiger partial charge on any atom is -0.342 e. The summed E-state index contributed by atoms with van der Waals surface area (Å²) in [6, 6.07) is 7.68. The molecule has 1 N–H and O–H groups in total. The molecule has 3 rings (SSSR count). The van der Waals surface area contributed by atoms with Crippen molar-refractivity contribution in [3.8, 4) is 0 Å². The maximum Gasteiger partial charge on any atom is 0.241 e. The molecule has 0 spiro atoms. The van der Waals surface area contributed by atoms with Gasteiger partial charge < -0.3 is 10.2 Å². The molecule has 2 aliphatic rings. The van der Waals surface area contributed by atoms with Crippen molar-refractivity contribution in [3.05, 3.63) is 29.8 Å². The van der Waals surface area contributed by atoms with E-state index in [2.05, 4.69) is 10.2 Å². The largest absolute Gasteiger partial charge is 0.342 e. The second kappa shape index (κ2) is 8.00. The maximum atomic E-state index is 12.5. The Balaban J connectivity index is 1.49. The molecule has 0 aliphatic carbocycles. The van der Waals surface area contributed by atoms with Gasteiger partial charge in [0.25, 0.3) is 0 Å². The molecule has 2 fully saturated rings. The van der Waals surface area contributed by atoms with Crippen LogP contribution in [0, 0.1) is 12.8 Å². The number of nitrogens with zero attached hydrogens (tertiary/aromatic N) is 2. The van der Waals surface area contributed by atoms with E-state index in [1.807, 2.05) is 43.0 Å². The van der Waals surface area contributed by atoms with Crippen molar-refractivity contribution in [2.24, 2.45) is 5.92 Å². The van der Waals surface area contributed by atoms with E-state index in [1.54, 1.807) is 0 Å². The molecule has 136 valence electrons. The van der Waals surface area contributed by atoms with Gasteiger partial charge in [-0.05, 0) is 70.3 Å². The van der Waals surface area contributed by atoms with E-state index < -0.39 is 0 Å². The van der Waals surface area contributed by atoms with Crippen LogP contribution in [0.25, 0.3) is 0 Å². The molecule has 5 heteroatoms. The van der Waals surface area contributed by atoms with Crippen LogP contribution in [0.5, 0.6) is 0 Å². The van der Waals surface area contributed by atoms with Gasteiger partial charge >= 0.3 is 0 Å². The highest BCUT2D eigenvalue weighted by Crippen LogP contribution is 2.23. The zero-order chi connectivity index (χ0) is 17.8. The van der Waals surface area contributed by atoms with E-state index in [0.29, 0.717) is 5.91 Å². The summed E-state index contributed by atoms with van der Waals surface area (Å²) in [6.45, 7) is 7.44. The molecule has 0 bridgehead atoms. The van der Waals surface area contributed by atoms with Crippen molar-refractivity contribution < 1.29 is 9.59 Å². The number of piperidine rings is 1. The topological polar surface area (TPSA) is 52.7 Å². The van der Waals surface area contributed by atoms with Crippen molar-refractivity contribution in [2.75, 3.05) is 31.5 Å². The van der Waals surface area contributed by atoms with Crippen LogP contribution in [-0.2, 0) is 9.59 Å². The third-order valence-electron chi connectivity index (χ3n) is 5.51. The Morgan fingerprint density at radius 1 is 1.12 bits per heavy atom. The quantitative estimate of drug-likeness (QED) is 0.914. The lowest BCUT2D eigenvalue weighted by atomic mass is 9.94. The summed E-state index contributed by atoms with van der Waals surface area (Å²) in [5.41, 5.74) is 1.97. The number of rotatable bonds is 4. The molecule has 0 saturated carbocycles. The van der Waals surface area contributed by atoms with Gasteiger partial charge in [-0.2, -0.15) is 0 Å². The fourth-order valence-electron chi connectivity index (χ4n) is 3.86. The highest BCUT2D eigenvalue weighted by atomic mass is 16.2. The number of likely N-dealkylation sites (tertiary alicyclic amines) is 2. The summed E-state index contributed by atoms with van der Waals surface area (Å²) in [7, 11) is 0. The van der Waals surface area contributed by atoms with Crippen molar-refractivity contribution in [1.29, 1.82) is 0 Å². The first-order valence-electron chi connectivity index (χ1n) is 9.45. The number of amides is 2. The maximum absolute atomic E-state index is 12.5. The summed E-state index contributed by atoms with van der Waals surface area (Å²) in [6.07, 6.45) is 4.00. The summed E-state index contributed by atoms with van der Waals surface area (Å²) in [5.74, 6) is 0.491. The molecule has 0 radical (unpaired) electrons.